The van der Waals surface area contributed by atoms with E-state index in [2.05, 4.69) is 34.4 Å². The van der Waals surface area contributed by atoms with E-state index in [1.807, 2.05) is 19.4 Å². The Bertz CT molecular complexity index is 331. The number of hydrogen-bond acceptors (Lipinski definition) is 4. The highest BCUT2D eigenvalue weighted by molar-refractivity contribution is 5.09. The van der Waals surface area contributed by atoms with Gasteiger partial charge in [-0.2, -0.15) is 0 Å². The second kappa shape index (κ2) is 6.10. The first-order valence-electron chi connectivity index (χ1n) is 6.12. The van der Waals surface area contributed by atoms with Crippen molar-refractivity contribution in [2.24, 2.45) is 5.92 Å². The fraction of sp³-hybridized carbons (Fsp3) is 0.615. The third-order valence-corrected chi connectivity index (χ3v) is 3.32. The van der Waals surface area contributed by atoms with Crippen molar-refractivity contribution >= 4 is 0 Å². The van der Waals surface area contributed by atoms with Gasteiger partial charge >= 0.3 is 0 Å². The normalized spacial score (nSPS) is 24.4. The minimum absolute atomic E-state index is 0.495. The fourth-order valence-electron chi connectivity index (χ4n) is 2.36. The summed E-state index contributed by atoms with van der Waals surface area (Å²) in [4.78, 5) is 6.38. The zero-order valence-electron chi connectivity index (χ0n) is 10.6. The molecule has 0 spiro atoms. The van der Waals surface area contributed by atoms with Crippen molar-refractivity contribution in [1.29, 1.82) is 0 Å². The van der Waals surface area contributed by atoms with Gasteiger partial charge in [-0.1, -0.05) is 0 Å². The minimum Gasteiger partial charge on any atom is -0.379 e. The van der Waals surface area contributed by atoms with Gasteiger partial charge in [-0.15, -0.1) is 0 Å². The summed E-state index contributed by atoms with van der Waals surface area (Å²) in [7, 11) is 4.17. The predicted octanol–water partition coefficient (Wildman–Crippen LogP) is 0.748. The zero-order chi connectivity index (χ0) is 12.1. The van der Waals surface area contributed by atoms with Crippen LogP contribution in [0.25, 0.3) is 0 Å². The molecule has 0 bridgehead atoms. The number of pyridine rings is 1. The highest BCUT2D eigenvalue weighted by atomic mass is 16.5. The zero-order valence-corrected chi connectivity index (χ0v) is 10.6. The van der Waals surface area contributed by atoms with E-state index in [0.717, 1.165) is 26.3 Å². The van der Waals surface area contributed by atoms with E-state index in [1.54, 1.807) is 0 Å². The maximum atomic E-state index is 5.51. The lowest BCUT2D eigenvalue weighted by atomic mass is 10.0. The summed E-state index contributed by atoms with van der Waals surface area (Å²) in [5, 5.41) is 3.32. The number of aromatic nitrogens is 1. The maximum Gasteiger partial charge on any atom is 0.0623 e. The van der Waals surface area contributed by atoms with E-state index in [4.69, 9.17) is 4.74 Å². The van der Waals surface area contributed by atoms with E-state index in [9.17, 15) is 0 Å². The molecule has 1 fully saturated rings. The molecule has 2 heterocycles. The molecule has 2 atom stereocenters. The Kier molecular flexibility index (Phi) is 4.48. The van der Waals surface area contributed by atoms with E-state index >= 15 is 0 Å². The first kappa shape index (κ1) is 12.5. The second-order valence-electron chi connectivity index (χ2n) is 4.74. The summed E-state index contributed by atoms with van der Waals surface area (Å²) >= 11 is 0. The number of nitrogens with one attached hydrogen (secondary N) is 1. The molecule has 4 nitrogen and oxygen atoms in total. The molecular formula is C13H21N3O. The third-order valence-electron chi connectivity index (χ3n) is 3.32. The van der Waals surface area contributed by atoms with Crippen molar-refractivity contribution in [2.45, 2.75) is 12.6 Å². The molecule has 1 aliphatic rings. The molecule has 0 radical (unpaired) electrons. The van der Waals surface area contributed by atoms with E-state index < -0.39 is 0 Å². The predicted molar refractivity (Wildman–Crippen MR) is 67.7 cm³/mol. The van der Waals surface area contributed by atoms with Crippen LogP contribution in [0.2, 0.25) is 0 Å². The Morgan fingerprint density at radius 2 is 2.18 bits per heavy atom. The Balaban J connectivity index is 1.83. The van der Waals surface area contributed by atoms with Crippen LogP contribution in [-0.2, 0) is 11.3 Å². The van der Waals surface area contributed by atoms with Crippen LogP contribution in [0.5, 0.6) is 0 Å². The molecule has 0 aliphatic carbocycles. The van der Waals surface area contributed by atoms with Gasteiger partial charge in [0, 0.05) is 37.4 Å². The van der Waals surface area contributed by atoms with Crippen molar-refractivity contribution in [3.63, 3.8) is 0 Å². The summed E-state index contributed by atoms with van der Waals surface area (Å²) in [6.45, 7) is 3.74. The summed E-state index contributed by atoms with van der Waals surface area (Å²) in [6, 6.07) is 4.63. The molecule has 1 aromatic heterocycles. The quantitative estimate of drug-likeness (QED) is 0.817. The van der Waals surface area contributed by atoms with Crippen molar-refractivity contribution in [3.8, 4) is 0 Å². The van der Waals surface area contributed by atoms with Crippen LogP contribution in [0.3, 0.4) is 0 Å². The lowest BCUT2D eigenvalue weighted by molar-refractivity contribution is 0.172. The van der Waals surface area contributed by atoms with Crippen molar-refractivity contribution in [3.05, 3.63) is 30.1 Å². The lowest BCUT2D eigenvalue weighted by Gasteiger charge is -2.23. The molecule has 2 rings (SSSR count). The summed E-state index contributed by atoms with van der Waals surface area (Å²) in [5.41, 5.74) is 1.31. The van der Waals surface area contributed by atoms with Gasteiger partial charge in [0.25, 0.3) is 0 Å². The van der Waals surface area contributed by atoms with Crippen LogP contribution in [-0.4, -0.2) is 49.8 Å². The minimum atomic E-state index is 0.495. The van der Waals surface area contributed by atoms with Crippen LogP contribution < -0.4 is 5.32 Å². The Morgan fingerprint density at radius 3 is 2.88 bits per heavy atom. The molecule has 1 aliphatic heterocycles. The molecule has 2 unspecified atom stereocenters. The standard InChI is InChI=1S/C13H21N3O/c1-14-13-10-17-9-12(13)8-16(2)7-11-3-5-15-6-4-11/h3-6,12-14H,7-10H2,1-2H3. The molecule has 0 aromatic carbocycles. The van der Waals surface area contributed by atoms with Gasteiger partial charge in [0.2, 0.25) is 0 Å². The van der Waals surface area contributed by atoms with Gasteiger partial charge in [-0.25, -0.2) is 0 Å². The van der Waals surface area contributed by atoms with Crippen LogP contribution in [0.4, 0.5) is 0 Å². The first-order chi connectivity index (χ1) is 8.29. The molecule has 0 saturated carbocycles. The summed E-state index contributed by atoms with van der Waals surface area (Å²) < 4.78 is 5.51. The van der Waals surface area contributed by atoms with Gasteiger partial charge < -0.3 is 15.0 Å². The monoisotopic (exact) mass is 235 g/mol. The van der Waals surface area contributed by atoms with E-state index in [1.165, 1.54) is 5.56 Å². The number of rotatable bonds is 5. The number of nitrogens with zero attached hydrogens (tertiary/aromatic N) is 2. The highest BCUT2D eigenvalue weighted by Gasteiger charge is 2.27. The molecule has 0 amide bonds. The van der Waals surface area contributed by atoms with Crippen LogP contribution in [0.1, 0.15) is 5.56 Å². The molecule has 94 valence electrons. The molecule has 1 saturated heterocycles. The lowest BCUT2D eigenvalue weighted by Crippen LogP contribution is -2.38. The van der Waals surface area contributed by atoms with E-state index in [-0.39, 0.29) is 0 Å². The molecule has 1 aromatic rings. The smallest absolute Gasteiger partial charge is 0.0623 e. The molecule has 17 heavy (non-hydrogen) atoms. The summed E-state index contributed by atoms with van der Waals surface area (Å²) in [6.07, 6.45) is 3.69. The van der Waals surface area contributed by atoms with Crippen molar-refractivity contribution in [2.75, 3.05) is 33.9 Å². The average Bonchev–Trinajstić information content (AvgIpc) is 2.77. The first-order valence-corrected chi connectivity index (χ1v) is 6.12. The molecular weight excluding hydrogens is 214 g/mol. The third kappa shape index (κ3) is 3.49. The van der Waals surface area contributed by atoms with Gasteiger partial charge in [-0.3, -0.25) is 4.98 Å². The van der Waals surface area contributed by atoms with Crippen LogP contribution in [0, 0.1) is 5.92 Å². The van der Waals surface area contributed by atoms with Gasteiger partial charge in [-0.05, 0) is 31.8 Å². The highest BCUT2D eigenvalue weighted by Crippen LogP contribution is 2.15. The number of ether oxygens (including phenoxy) is 1. The molecule has 4 heteroatoms. The summed E-state index contributed by atoms with van der Waals surface area (Å²) in [5.74, 6) is 0.590. The van der Waals surface area contributed by atoms with Gasteiger partial charge in [0.15, 0.2) is 0 Å². The van der Waals surface area contributed by atoms with Crippen LogP contribution in [0.15, 0.2) is 24.5 Å². The van der Waals surface area contributed by atoms with Crippen molar-refractivity contribution < 1.29 is 4.74 Å². The fourth-order valence-corrected chi connectivity index (χ4v) is 2.36. The van der Waals surface area contributed by atoms with Crippen LogP contribution >= 0.6 is 0 Å². The van der Waals surface area contributed by atoms with E-state index in [0.29, 0.717) is 12.0 Å². The Hall–Kier alpha value is -0.970. The SMILES string of the molecule is CNC1COCC1CN(C)Cc1ccncc1. The van der Waals surface area contributed by atoms with Gasteiger partial charge in [0.1, 0.15) is 0 Å². The number of likely N-dealkylation sites (N-methyl/N-ethyl adjacent to an activating group) is 1. The topological polar surface area (TPSA) is 37.4 Å². The van der Waals surface area contributed by atoms with Gasteiger partial charge in [0.05, 0.1) is 13.2 Å². The maximum absolute atomic E-state index is 5.51. The number of hydrogen-bond donors (Lipinski definition) is 1. The average molecular weight is 235 g/mol. The Morgan fingerprint density at radius 1 is 1.41 bits per heavy atom. The second-order valence-corrected chi connectivity index (χ2v) is 4.74. The Labute approximate surface area is 103 Å². The largest absolute Gasteiger partial charge is 0.379 e. The molecule has 1 N–H and O–H groups in total. The van der Waals surface area contributed by atoms with Crippen molar-refractivity contribution in [1.82, 2.24) is 15.2 Å².